The monoisotopic (exact) mass is 615 g/mol. The van der Waals surface area contributed by atoms with Gasteiger partial charge in [0.1, 0.15) is 17.1 Å². The van der Waals surface area contributed by atoms with E-state index in [9.17, 15) is 53.1 Å². The number of alkyl halides is 9. The predicted molar refractivity (Wildman–Crippen MR) is 126 cm³/mol. The molecule has 0 saturated heterocycles. The number of halogens is 11. The molecule has 0 bridgehead atoms. The molecule has 15 heteroatoms. The predicted octanol–water partition coefficient (Wildman–Crippen LogP) is 7.59. The molecule has 3 rings (SSSR count). The molecule has 1 atom stereocenters. The fourth-order valence-corrected chi connectivity index (χ4v) is 3.90. The third-order valence-electron chi connectivity index (χ3n) is 5.69. The molecule has 0 heterocycles. The summed E-state index contributed by atoms with van der Waals surface area (Å²) in [5, 5.41) is 1.52. The number of carbonyl (C=O) groups excluding carboxylic acids is 1. The summed E-state index contributed by atoms with van der Waals surface area (Å²) >= 11 is 0. The Kier molecular flexibility index (Phi) is 9.03. The Balaban J connectivity index is 2.44. The second-order valence-electron chi connectivity index (χ2n) is 9.09. The molecule has 0 aliphatic heterocycles. The molecule has 1 N–H and O–H groups in total. The van der Waals surface area contributed by atoms with Crippen molar-refractivity contribution in [2.75, 3.05) is 0 Å². The van der Waals surface area contributed by atoms with Crippen LogP contribution in [0.5, 0.6) is 11.5 Å². The molecule has 0 saturated carbocycles. The van der Waals surface area contributed by atoms with E-state index in [-0.39, 0.29) is 11.6 Å². The van der Waals surface area contributed by atoms with E-state index in [1.165, 1.54) is 37.4 Å². The van der Waals surface area contributed by atoms with E-state index < -0.39 is 76.4 Å². The Morgan fingerprint density at radius 3 is 1.95 bits per heavy atom. The van der Waals surface area contributed by atoms with Crippen molar-refractivity contribution < 1.29 is 62.6 Å². The van der Waals surface area contributed by atoms with E-state index in [0.29, 0.717) is 18.2 Å². The smallest absolute Gasteiger partial charge is 0.463 e. The summed E-state index contributed by atoms with van der Waals surface area (Å²) in [4.78, 5) is 12.6. The first-order chi connectivity index (χ1) is 19.3. The van der Waals surface area contributed by atoms with Crippen LogP contribution in [0.4, 0.5) is 48.3 Å². The van der Waals surface area contributed by atoms with Crippen LogP contribution in [0.3, 0.4) is 0 Å². The quantitative estimate of drug-likeness (QED) is 0.189. The zero-order valence-electron chi connectivity index (χ0n) is 21.4. The first-order valence-corrected chi connectivity index (χ1v) is 11.8. The molecule has 4 nitrogen and oxygen atoms in total. The van der Waals surface area contributed by atoms with Gasteiger partial charge in [-0.25, -0.2) is 8.78 Å². The molecule has 0 spiro atoms. The van der Waals surface area contributed by atoms with Crippen LogP contribution in [0.1, 0.15) is 30.5 Å². The van der Waals surface area contributed by atoms with Crippen LogP contribution >= 0.6 is 0 Å². The van der Waals surface area contributed by atoms with Crippen LogP contribution in [-0.4, -0.2) is 36.6 Å². The van der Waals surface area contributed by atoms with Crippen LogP contribution in [0.15, 0.2) is 66.7 Å². The van der Waals surface area contributed by atoms with Crippen molar-refractivity contribution in [3.63, 3.8) is 0 Å². The third kappa shape index (κ3) is 6.54. The molecule has 228 valence electrons. The summed E-state index contributed by atoms with van der Waals surface area (Å²) in [6, 6.07) is 9.37. The molecular formula is C27H20F11NO3. The van der Waals surface area contributed by atoms with Gasteiger partial charge in [0.25, 0.3) is 0 Å². The summed E-state index contributed by atoms with van der Waals surface area (Å²) in [7, 11) is 0. The zero-order chi connectivity index (χ0) is 31.7. The number of nitrogens with one attached hydrogen (secondary N) is 1. The van der Waals surface area contributed by atoms with Gasteiger partial charge in [0.2, 0.25) is 0 Å². The van der Waals surface area contributed by atoms with Gasteiger partial charge in [0.15, 0.2) is 11.6 Å². The summed E-state index contributed by atoms with van der Waals surface area (Å²) < 4.78 is 160. The first-order valence-electron chi connectivity index (χ1n) is 11.8. The fraction of sp³-hybridized carbons (Fsp3) is 0.296. The molecule has 0 aliphatic carbocycles. The Morgan fingerprint density at radius 2 is 1.40 bits per heavy atom. The van der Waals surface area contributed by atoms with Gasteiger partial charge in [-0.1, -0.05) is 36.4 Å². The van der Waals surface area contributed by atoms with Crippen LogP contribution in [0, 0.1) is 11.6 Å². The van der Waals surface area contributed by atoms with E-state index in [1.54, 1.807) is 0 Å². The lowest BCUT2D eigenvalue weighted by Gasteiger charge is -2.38. The van der Waals surface area contributed by atoms with Gasteiger partial charge in [-0.05, 0) is 54.8 Å². The summed E-state index contributed by atoms with van der Waals surface area (Å²) in [5.41, 5.74) is -4.57. The normalized spacial score (nSPS) is 14.1. The average molecular weight is 615 g/mol. The van der Waals surface area contributed by atoms with Crippen molar-refractivity contribution in [1.82, 2.24) is 5.32 Å². The maximum atomic E-state index is 14.8. The number of hydrogen-bond acceptors (Lipinski definition) is 3. The highest BCUT2D eigenvalue weighted by atomic mass is 19.4. The lowest BCUT2D eigenvalue weighted by atomic mass is 9.76. The molecule has 0 aliphatic rings. The number of rotatable bonds is 10. The number of hydrogen-bond donors (Lipinski definition) is 1. The summed E-state index contributed by atoms with van der Waals surface area (Å²) in [6.45, 7) is 2.92. The minimum atomic E-state index is -6.43. The maximum Gasteiger partial charge on any atom is 0.463 e. The van der Waals surface area contributed by atoms with Crippen LogP contribution in [0.2, 0.25) is 0 Å². The highest BCUT2D eigenvalue weighted by molar-refractivity contribution is 5.86. The van der Waals surface area contributed by atoms with Gasteiger partial charge in [-0.3, -0.25) is 4.79 Å². The topological polar surface area (TPSA) is 47.6 Å². The highest BCUT2D eigenvalue weighted by Crippen LogP contribution is 2.43. The molecule has 0 unspecified atom stereocenters. The second-order valence-corrected chi connectivity index (χ2v) is 9.09. The lowest BCUT2D eigenvalue weighted by Crippen LogP contribution is -2.57. The molecule has 3 aromatic carbocycles. The molecule has 1 amide bonds. The van der Waals surface area contributed by atoms with Crippen molar-refractivity contribution in [3.05, 3.63) is 95.1 Å². The second kappa shape index (κ2) is 11.7. The molecule has 0 radical (unpaired) electrons. The zero-order valence-corrected chi connectivity index (χ0v) is 21.4. The van der Waals surface area contributed by atoms with E-state index in [4.69, 9.17) is 4.74 Å². The van der Waals surface area contributed by atoms with Crippen molar-refractivity contribution in [1.29, 1.82) is 0 Å². The third-order valence-corrected chi connectivity index (χ3v) is 5.69. The largest absolute Gasteiger partial charge is 0.488 e. The SMILES string of the molecule is CC(C)Oc1cc([C@@](NC(=O)C(F)(F)C(F)(F)F)(c2ccccc2)c2cc(F)cc(OC(F)(F)C(F)F)c2)ccc1F. The Morgan fingerprint density at radius 1 is 0.786 bits per heavy atom. The van der Waals surface area contributed by atoms with E-state index in [1.807, 2.05) is 0 Å². The van der Waals surface area contributed by atoms with Gasteiger partial charge < -0.3 is 14.8 Å². The molecule has 0 fully saturated rings. The van der Waals surface area contributed by atoms with Crippen molar-refractivity contribution in [2.24, 2.45) is 0 Å². The molecule has 3 aromatic rings. The number of benzene rings is 3. The van der Waals surface area contributed by atoms with Crippen LogP contribution in [0.25, 0.3) is 0 Å². The number of ether oxygens (including phenoxy) is 2. The molecule has 42 heavy (non-hydrogen) atoms. The number of carbonyl (C=O) groups is 1. The standard InChI is InChI=1S/C27H20F11NO3/c1-14(2)41-21-12-16(8-9-20(21)29)24(15-6-4-3-5-7-15,39-23(40)25(32,33)27(36,37)38)17-10-18(28)13-19(11-17)42-26(34,35)22(30)31/h3-14,22H,1-2H3,(H,39,40)/t24-/m0/s1. The van der Waals surface area contributed by atoms with Crippen molar-refractivity contribution >= 4 is 5.91 Å². The van der Waals surface area contributed by atoms with Gasteiger partial charge in [0.05, 0.1) is 6.10 Å². The van der Waals surface area contributed by atoms with E-state index in [0.717, 1.165) is 24.3 Å². The first kappa shape index (κ1) is 32.5. The van der Waals surface area contributed by atoms with Crippen LogP contribution in [-0.2, 0) is 10.3 Å². The summed E-state index contributed by atoms with van der Waals surface area (Å²) in [6.07, 6.45) is -16.7. The fourth-order valence-electron chi connectivity index (χ4n) is 3.90. The van der Waals surface area contributed by atoms with E-state index >= 15 is 0 Å². The Hall–Kier alpha value is -4.04. The van der Waals surface area contributed by atoms with Gasteiger partial charge in [0, 0.05) is 6.07 Å². The minimum Gasteiger partial charge on any atom is -0.488 e. The van der Waals surface area contributed by atoms with Gasteiger partial charge in [-0.15, -0.1) is 0 Å². The Labute approximate surface area is 231 Å². The van der Waals surface area contributed by atoms with Crippen molar-refractivity contribution in [2.45, 2.75) is 50.1 Å². The van der Waals surface area contributed by atoms with Crippen molar-refractivity contribution in [3.8, 4) is 11.5 Å². The lowest BCUT2D eigenvalue weighted by molar-refractivity contribution is -0.270. The molecule has 0 aromatic heterocycles. The Bertz CT molecular complexity index is 1410. The van der Waals surface area contributed by atoms with Gasteiger partial charge >= 0.3 is 30.5 Å². The number of amides is 1. The van der Waals surface area contributed by atoms with E-state index in [2.05, 4.69) is 4.74 Å². The van der Waals surface area contributed by atoms with Crippen LogP contribution < -0.4 is 14.8 Å². The highest BCUT2D eigenvalue weighted by Gasteiger charge is 2.64. The average Bonchev–Trinajstić information content (AvgIpc) is 2.87. The summed E-state index contributed by atoms with van der Waals surface area (Å²) in [5.74, 6) is -13.5. The molecular weight excluding hydrogens is 595 g/mol. The van der Waals surface area contributed by atoms with Gasteiger partial charge in [-0.2, -0.15) is 39.5 Å². The maximum absolute atomic E-state index is 14.8. The minimum absolute atomic E-state index is 0.208.